The highest BCUT2D eigenvalue weighted by atomic mass is 35.5. The van der Waals surface area contributed by atoms with E-state index < -0.39 is 21.5 Å². The lowest BCUT2D eigenvalue weighted by Gasteiger charge is -2.24. The van der Waals surface area contributed by atoms with Crippen molar-refractivity contribution in [1.82, 2.24) is 5.32 Å². The highest BCUT2D eigenvalue weighted by Gasteiger charge is 2.32. The molecule has 0 spiro atoms. The van der Waals surface area contributed by atoms with Gasteiger partial charge in [-0.3, -0.25) is 4.79 Å². The van der Waals surface area contributed by atoms with E-state index in [1.165, 1.54) is 19.1 Å². The largest absolute Gasteiger partial charge is 0.379 e. The van der Waals surface area contributed by atoms with Crippen LogP contribution in [0, 0.1) is 6.92 Å². The first kappa shape index (κ1) is 16.2. The number of hydrogen-bond donors (Lipinski definition) is 2. The summed E-state index contributed by atoms with van der Waals surface area (Å²) < 4.78 is 28.4. The molecule has 1 atom stereocenters. The van der Waals surface area contributed by atoms with E-state index in [1.54, 1.807) is 0 Å². The fraction of sp³-hybridized carbons (Fsp3) is 0.462. The van der Waals surface area contributed by atoms with E-state index in [4.69, 9.17) is 21.5 Å². The maximum absolute atomic E-state index is 12.4. The maximum Gasteiger partial charge on any atom is 0.252 e. The Labute approximate surface area is 128 Å². The van der Waals surface area contributed by atoms with Gasteiger partial charge in [0.25, 0.3) is 5.91 Å². The minimum absolute atomic E-state index is 0.141. The van der Waals surface area contributed by atoms with Crippen LogP contribution in [0.15, 0.2) is 17.0 Å². The van der Waals surface area contributed by atoms with Crippen molar-refractivity contribution in [3.05, 3.63) is 28.3 Å². The predicted octanol–water partition coefficient (Wildman–Crippen LogP) is 1.20. The highest BCUT2D eigenvalue weighted by Crippen LogP contribution is 2.25. The van der Waals surface area contributed by atoms with Gasteiger partial charge in [-0.05, 0) is 38.0 Å². The number of nitrogens with two attached hydrogens (primary N) is 1. The Morgan fingerprint density at radius 1 is 1.48 bits per heavy atom. The first-order valence-electron chi connectivity index (χ1n) is 6.36. The van der Waals surface area contributed by atoms with Gasteiger partial charge in [-0.15, -0.1) is 0 Å². The van der Waals surface area contributed by atoms with E-state index in [2.05, 4.69) is 5.32 Å². The molecule has 1 aromatic carbocycles. The van der Waals surface area contributed by atoms with Gasteiger partial charge >= 0.3 is 0 Å². The molecule has 21 heavy (non-hydrogen) atoms. The van der Waals surface area contributed by atoms with Crippen molar-refractivity contribution in [2.75, 3.05) is 13.2 Å². The minimum Gasteiger partial charge on any atom is -0.379 e. The topological polar surface area (TPSA) is 98.5 Å². The molecule has 1 amide bonds. The predicted molar refractivity (Wildman–Crippen MR) is 78.9 cm³/mol. The van der Waals surface area contributed by atoms with Crippen molar-refractivity contribution < 1.29 is 17.9 Å². The Morgan fingerprint density at radius 2 is 2.14 bits per heavy atom. The molecule has 1 aromatic rings. The third-order valence-corrected chi connectivity index (χ3v) is 4.77. The molecule has 3 N–H and O–H groups in total. The zero-order valence-electron chi connectivity index (χ0n) is 11.8. The Bertz CT molecular complexity index is 682. The van der Waals surface area contributed by atoms with E-state index in [1.807, 2.05) is 6.92 Å². The number of nitrogens with one attached hydrogen (secondary N) is 1. The fourth-order valence-corrected chi connectivity index (χ4v) is 3.40. The molecule has 116 valence electrons. The van der Waals surface area contributed by atoms with Crippen LogP contribution in [0.3, 0.4) is 0 Å². The second-order valence-corrected chi connectivity index (χ2v) is 7.41. The Morgan fingerprint density at radius 3 is 2.67 bits per heavy atom. The van der Waals surface area contributed by atoms with Crippen LogP contribution in [-0.4, -0.2) is 33.1 Å². The number of ether oxygens (including phenoxy) is 1. The summed E-state index contributed by atoms with van der Waals surface area (Å²) in [5.74, 6) is -0.395. The number of carbonyl (C=O) groups is 1. The van der Waals surface area contributed by atoms with Gasteiger partial charge in [0.1, 0.15) is 0 Å². The van der Waals surface area contributed by atoms with Crippen molar-refractivity contribution in [1.29, 1.82) is 0 Å². The number of sulfonamides is 1. The Kier molecular flexibility index (Phi) is 4.30. The highest BCUT2D eigenvalue weighted by molar-refractivity contribution is 7.89. The Hall–Kier alpha value is -1.15. The second-order valence-electron chi connectivity index (χ2n) is 5.44. The Balaban J connectivity index is 2.40. The lowest BCUT2D eigenvalue weighted by Crippen LogP contribution is -2.46. The van der Waals surface area contributed by atoms with Gasteiger partial charge in [-0.25, -0.2) is 13.6 Å². The summed E-state index contributed by atoms with van der Waals surface area (Å²) in [4.78, 5) is 12.3. The average Bonchev–Trinajstić information content (AvgIpc) is 2.76. The number of carbonyl (C=O) groups excluding carboxylic acids is 1. The summed E-state index contributed by atoms with van der Waals surface area (Å²) in [7, 11) is -3.94. The number of halogens is 1. The third-order valence-electron chi connectivity index (χ3n) is 3.51. The van der Waals surface area contributed by atoms with Crippen LogP contribution in [0.1, 0.15) is 29.3 Å². The van der Waals surface area contributed by atoms with Crippen molar-refractivity contribution >= 4 is 27.5 Å². The van der Waals surface area contributed by atoms with E-state index in [9.17, 15) is 13.2 Å². The van der Waals surface area contributed by atoms with Crippen molar-refractivity contribution in [2.24, 2.45) is 5.14 Å². The van der Waals surface area contributed by atoms with Gasteiger partial charge in [0.15, 0.2) is 0 Å². The smallest absolute Gasteiger partial charge is 0.252 e. The van der Waals surface area contributed by atoms with Gasteiger partial charge < -0.3 is 10.1 Å². The van der Waals surface area contributed by atoms with E-state index >= 15 is 0 Å². The summed E-state index contributed by atoms with van der Waals surface area (Å²) in [5.41, 5.74) is 0.00898. The van der Waals surface area contributed by atoms with Crippen molar-refractivity contribution in [2.45, 2.75) is 30.7 Å². The van der Waals surface area contributed by atoms with Crippen LogP contribution in [0.2, 0.25) is 5.02 Å². The molecule has 0 aliphatic carbocycles. The number of amides is 1. The summed E-state index contributed by atoms with van der Waals surface area (Å²) in [6.07, 6.45) is 0.695. The third kappa shape index (κ3) is 3.55. The molecule has 1 aliphatic heterocycles. The van der Waals surface area contributed by atoms with Crippen molar-refractivity contribution in [3.63, 3.8) is 0 Å². The molecule has 6 nitrogen and oxygen atoms in total. The molecule has 0 radical (unpaired) electrons. The van der Waals surface area contributed by atoms with Crippen molar-refractivity contribution in [3.8, 4) is 0 Å². The van der Waals surface area contributed by atoms with Crippen LogP contribution >= 0.6 is 11.6 Å². The molecule has 1 heterocycles. The van der Waals surface area contributed by atoms with E-state index in [0.29, 0.717) is 19.6 Å². The molecule has 1 saturated heterocycles. The summed E-state index contributed by atoms with van der Waals surface area (Å²) in [6.45, 7) is 4.39. The number of rotatable bonds is 3. The van der Waals surface area contributed by atoms with Gasteiger partial charge in [0.2, 0.25) is 10.0 Å². The fourth-order valence-electron chi connectivity index (χ4n) is 2.29. The number of benzene rings is 1. The summed E-state index contributed by atoms with van der Waals surface area (Å²) >= 11 is 5.90. The van der Waals surface area contributed by atoms with Crippen LogP contribution in [0.25, 0.3) is 0 Å². The summed E-state index contributed by atoms with van der Waals surface area (Å²) in [6, 6.07) is 2.67. The second kappa shape index (κ2) is 5.57. The molecule has 2 rings (SSSR count). The molecule has 0 bridgehead atoms. The maximum atomic E-state index is 12.4. The number of primary sulfonamides is 1. The van der Waals surface area contributed by atoms with Gasteiger partial charge in [-0.1, -0.05) is 11.6 Å². The molecule has 0 saturated carbocycles. The van der Waals surface area contributed by atoms with Gasteiger partial charge in [-0.2, -0.15) is 0 Å². The van der Waals surface area contributed by atoms with Crippen LogP contribution < -0.4 is 10.5 Å². The molecule has 8 heteroatoms. The van der Waals surface area contributed by atoms with Gasteiger partial charge in [0.05, 0.1) is 17.0 Å². The zero-order valence-corrected chi connectivity index (χ0v) is 13.3. The lowest BCUT2D eigenvalue weighted by molar-refractivity contribution is 0.0889. The first-order chi connectivity index (χ1) is 9.62. The molecular formula is C13H17ClN2O4S. The first-order valence-corrected chi connectivity index (χ1v) is 8.28. The lowest BCUT2D eigenvalue weighted by atomic mass is 10.00. The van der Waals surface area contributed by atoms with E-state index in [0.717, 1.165) is 0 Å². The van der Waals surface area contributed by atoms with Crippen LogP contribution in [0.5, 0.6) is 0 Å². The molecule has 1 fully saturated rings. The molecular weight excluding hydrogens is 316 g/mol. The monoisotopic (exact) mass is 332 g/mol. The average molecular weight is 333 g/mol. The number of hydrogen-bond acceptors (Lipinski definition) is 4. The van der Waals surface area contributed by atoms with Crippen LogP contribution in [0.4, 0.5) is 0 Å². The molecule has 1 unspecified atom stereocenters. The molecule has 0 aromatic heterocycles. The minimum atomic E-state index is -3.94. The standard InChI is InChI=1S/C13H17ClN2O4S/c1-8-10(5-9(14)6-11(8)21(15,18)19)12(17)16-13(2)3-4-20-7-13/h5-6H,3-4,7H2,1-2H3,(H,16,17)(H2,15,18,19). The quantitative estimate of drug-likeness (QED) is 0.869. The van der Waals surface area contributed by atoms with E-state index in [-0.39, 0.29) is 21.0 Å². The normalized spacial score (nSPS) is 22.3. The molecule has 1 aliphatic rings. The SMILES string of the molecule is Cc1c(C(=O)NC2(C)CCOC2)cc(Cl)cc1S(N)(=O)=O. The van der Waals surface area contributed by atoms with Gasteiger partial charge in [0, 0.05) is 17.2 Å². The zero-order chi connectivity index (χ0) is 15.8. The summed E-state index contributed by atoms with van der Waals surface area (Å²) in [5, 5.41) is 8.15. The van der Waals surface area contributed by atoms with Crippen LogP contribution in [-0.2, 0) is 14.8 Å².